The number of hydrogen-bond acceptors (Lipinski definition) is 4. The van der Waals surface area contributed by atoms with Gasteiger partial charge in [0.1, 0.15) is 0 Å². The van der Waals surface area contributed by atoms with Crippen molar-refractivity contribution in [2.75, 3.05) is 11.1 Å². The molecule has 1 amide bonds. The molecule has 2 rings (SSSR count). The number of carbonyl (C=O) groups excluding carboxylic acids is 2. The number of nitrogens with one attached hydrogen (secondary N) is 1. The van der Waals surface area contributed by atoms with Crippen LogP contribution >= 0.6 is 11.8 Å². The lowest BCUT2D eigenvalue weighted by Gasteiger charge is -2.07. The summed E-state index contributed by atoms with van der Waals surface area (Å²) in [5, 5.41) is 11.3. The number of carboxylic acid groups (broad SMARTS) is 1. The predicted octanol–water partition coefficient (Wildman–Crippen LogP) is 3.77. The van der Waals surface area contributed by atoms with Gasteiger partial charge >= 0.3 is 5.97 Å². The highest BCUT2D eigenvalue weighted by Crippen LogP contribution is 2.23. The highest BCUT2D eigenvalue weighted by atomic mass is 32.2. The minimum absolute atomic E-state index is 0.0425. The molecule has 0 saturated heterocycles. The van der Waals surface area contributed by atoms with E-state index in [9.17, 15) is 14.4 Å². The van der Waals surface area contributed by atoms with Gasteiger partial charge in [-0.05, 0) is 25.1 Å². The monoisotopic (exact) mass is 357 g/mol. The van der Waals surface area contributed by atoms with Crippen LogP contribution in [0.3, 0.4) is 0 Å². The van der Waals surface area contributed by atoms with E-state index in [1.165, 1.54) is 11.8 Å². The van der Waals surface area contributed by atoms with Gasteiger partial charge in [0.05, 0.1) is 12.2 Å². The maximum absolute atomic E-state index is 12.2. The number of anilines is 1. The fourth-order valence-electron chi connectivity index (χ4n) is 2.08. The van der Waals surface area contributed by atoms with E-state index in [0.717, 1.165) is 10.5 Å². The third-order valence-corrected chi connectivity index (χ3v) is 4.42. The van der Waals surface area contributed by atoms with Gasteiger partial charge in [0.2, 0.25) is 5.91 Å². The van der Waals surface area contributed by atoms with Gasteiger partial charge in [0.15, 0.2) is 5.78 Å². The Bertz CT molecular complexity index is 771. The van der Waals surface area contributed by atoms with Crippen LogP contribution in [0.2, 0.25) is 0 Å². The van der Waals surface area contributed by atoms with Crippen LogP contribution in [-0.4, -0.2) is 28.5 Å². The van der Waals surface area contributed by atoms with Crippen molar-refractivity contribution >= 4 is 35.1 Å². The third kappa shape index (κ3) is 6.43. The highest BCUT2D eigenvalue weighted by Gasteiger charge is 2.08. The first-order chi connectivity index (χ1) is 11.9. The molecule has 0 fully saturated rings. The van der Waals surface area contributed by atoms with E-state index in [1.807, 2.05) is 37.3 Å². The summed E-state index contributed by atoms with van der Waals surface area (Å²) in [4.78, 5) is 35.2. The quantitative estimate of drug-likeness (QED) is 0.555. The number of aliphatic carboxylic acids is 1. The molecule has 0 saturated carbocycles. The van der Waals surface area contributed by atoms with E-state index in [1.54, 1.807) is 18.2 Å². The number of benzene rings is 2. The Hall–Kier alpha value is -2.60. The van der Waals surface area contributed by atoms with Gasteiger partial charge in [-0.2, -0.15) is 0 Å². The van der Waals surface area contributed by atoms with Crippen molar-refractivity contribution < 1.29 is 19.5 Å². The molecule has 0 unspecified atom stereocenters. The summed E-state index contributed by atoms with van der Waals surface area (Å²) in [7, 11) is 0. The molecule has 25 heavy (non-hydrogen) atoms. The van der Waals surface area contributed by atoms with Gasteiger partial charge in [-0.3, -0.25) is 14.4 Å². The van der Waals surface area contributed by atoms with E-state index in [2.05, 4.69) is 5.32 Å². The van der Waals surface area contributed by atoms with E-state index in [4.69, 9.17) is 5.11 Å². The summed E-state index contributed by atoms with van der Waals surface area (Å²) >= 11 is 1.39. The summed E-state index contributed by atoms with van der Waals surface area (Å²) in [6.45, 7) is 1.97. The van der Waals surface area contributed by atoms with Gasteiger partial charge in [0.25, 0.3) is 0 Å². The van der Waals surface area contributed by atoms with Crippen LogP contribution < -0.4 is 5.32 Å². The molecule has 0 heterocycles. The number of rotatable bonds is 8. The van der Waals surface area contributed by atoms with Gasteiger partial charge in [-0.1, -0.05) is 35.9 Å². The molecule has 0 radical (unpaired) electrons. The van der Waals surface area contributed by atoms with Crippen LogP contribution in [0.5, 0.6) is 0 Å². The molecule has 5 nitrogen and oxygen atoms in total. The van der Waals surface area contributed by atoms with Crippen molar-refractivity contribution in [1.82, 2.24) is 0 Å². The lowest BCUT2D eigenvalue weighted by atomic mass is 10.1. The van der Waals surface area contributed by atoms with Gasteiger partial charge in [0, 0.05) is 22.6 Å². The number of amides is 1. The molecule has 2 aromatic rings. The number of carboxylic acids is 1. The maximum atomic E-state index is 12.2. The lowest BCUT2D eigenvalue weighted by Crippen LogP contribution is -2.13. The lowest BCUT2D eigenvalue weighted by molar-refractivity contribution is -0.138. The molecular formula is C19H19NO4S. The number of thioether (sulfide) groups is 1. The molecule has 0 spiro atoms. The van der Waals surface area contributed by atoms with Crippen molar-refractivity contribution in [2.45, 2.75) is 24.7 Å². The molecule has 0 aromatic heterocycles. The SMILES string of the molecule is Cc1ccc(C(=O)CSc2cccc(NC(=O)CCC(=O)O)c2)cc1. The minimum atomic E-state index is -1.01. The normalized spacial score (nSPS) is 10.3. The molecule has 0 atom stereocenters. The number of ketones is 1. The van der Waals surface area contributed by atoms with Gasteiger partial charge in [-0.25, -0.2) is 0 Å². The van der Waals surface area contributed by atoms with Crippen LogP contribution in [0.25, 0.3) is 0 Å². The molecule has 130 valence electrons. The van der Waals surface area contributed by atoms with Crippen LogP contribution in [0, 0.1) is 6.92 Å². The second kappa shape index (κ2) is 9.03. The zero-order chi connectivity index (χ0) is 18.2. The standard InChI is InChI=1S/C19H19NO4S/c1-13-5-7-14(8-6-13)17(21)12-25-16-4-2-3-15(11-16)20-18(22)9-10-19(23)24/h2-8,11H,9-10,12H2,1H3,(H,20,22)(H,23,24). The molecule has 6 heteroatoms. The maximum Gasteiger partial charge on any atom is 0.303 e. The molecule has 0 bridgehead atoms. The first kappa shape index (κ1) is 18.7. The van der Waals surface area contributed by atoms with E-state index in [0.29, 0.717) is 17.0 Å². The number of hydrogen-bond donors (Lipinski definition) is 2. The average molecular weight is 357 g/mol. The largest absolute Gasteiger partial charge is 0.481 e. The van der Waals surface area contributed by atoms with Gasteiger partial charge in [-0.15, -0.1) is 11.8 Å². The fourth-order valence-corrected chi connectivity index (χ4v) is 2.93. The average Bonchev–Trinajstić information content (AvgIpc) is 2.59. The summed E-state index contributed by atoms with van der Waals surface area (Å²) in [5.41, 5.74) is 2.37. The summed E-state index contributed by atoms with van der Waals surface area (Å²) < 4.78 is 0. The summed E-state index contributed by atoms with van der Waals surface area (Å²) in [6, 6.07) is 14.6. The van der Waals surface area contributed by atoms with Crippen LogP contribution in [0.1, 0.15) is 28.8 Å². The third-order valence-electron chi connectivity index (χ3n) is 3.43. The molecule has 2 aromatic carbocycles. The highest BCUT2D eigenvalue weighted by molar-refractivity contribution is 8.00. The van der Waals surface area contributed by atoms with Crippen LogP contribution in [-0.2, 0) is 9.59 Å². The Labute approximate surface area is 150 Å². The predicted molar refractivity (Wildman–Crippen MR) is 98.2 cm³/mol. The van der Waals surface area contributed by atoms with Crippen LogP contribution in [0.4, 0.5) is 5.69 Å². The number of aryl methyl sites for hydroxylation is 1. The topological polar surface area (TPSA) is 83.5 Å². The molecule has 2 N–H and O–H groups in total. The smallest absolute Gasteiger partial charge is 0.303 e. The van der Waals surface area contributed by atoms with Crippen molar-refractivity contribution in [3.63, 3.8) is 0 Å². The summed E-state index contributed by atoms with van der Waals surface area (Å²) in [6.07, 6.45) is -0.274. The van der Waals surface area contributed by atoms with Gasteiger partial charge < -0.3 is 10.4 Å². The van der Waals surface area contributed by atoms with Crippen molar-refractivity contribution in [3.8, 4) is 0 Å². The molecule has 0 aliphatic carbocycles. The van der Waals surface area contributed by atoms with E-state index >= 15 is 0 Å². The fraction of sp³-hybridized carbons (Fsp3) is 0.211. The zero-order valence-electron chi connectivity index (χ0n) is 13.8. The molecular weight excluding hydrogens is 338 g/mol. The molecule has 0 aliphatic rings. The minimum Gasteiger partial charge on any atom is -0.481 e. The van der Waals surface area contributed by atoms with Crippen molar-refractivity contribution in [2.24, 2.45) is 0 Å². The Balaban J connectivity index is 1.90. The Kier molecular flexibility index (Phi) is 6.77. The molecule has 0 aliphatic heterocycles. The van der Waals surface area contributed by atoms with E-state index in [-0.39, 0.29) is 24.5 Å². The Morgan fingerprint density at radius 1 is 1.04 bits per heavy atom. The second-order valence-electron chi connectivity index (χ2n) is 5.55. The second-order valence-corrected chi connectivity index (χ2v) is 6.60. The van der Waals surface area contributed by atoms with Crippen LogP contribution in [0.15, 0.2) is 53.4 Å². The van der Waals surface area contributed by atoms with Crippen molar-refractivity contribution in [1.29, 1.82) is 0 Å². The number of Topliss-reactive ketones (excluding diaryl/α,β-unsaturated/α-hetero) is 1. The number of carbonyl (C=O) groups is 3. The van der Waals surface area contributed by atoms with E-state index < -0.39 is 5.97 Å². The first-order valence-electron chi connectivity index (χ1n) is 7.78. The Morgan fingerprint density at radius 3 is 2.44 bits per heavy atom. The summed E-state index contributed by atoms with van der Waals surface area (Å²) in [5.74, 6) is -1.00. The zero-order valence-corrected chi connectivity index (χ0v) is 14.6. The first-order valence-corrected chi connectivity index (χ1v) is 8.77. The Morgan fingerprint density at radius 2 is 1.76 bits per heavy atom. The van der Waals surface area contributed by atoms with Crippen molar-refractivity contribution in [3.05, 3.63) is 59.7 Å².